The summed E-state index contributed by atoms with van der Waals surface area (Å²) < 4.78 is 23.8. The molecule has 0 heterocycles. The van der Waals surface area contributed by atoms with E-state index < -0.39 is 35.0 Å². The van der Waals surface area contributed by atoms with Crippen molar-refractivity contribution in [2.24, 2.45) is 0 Å². The second-order valence-electron chi connectivity index (χ2n) is 4.95. The topological polar surface area (TPSA) is 135 Å². The Labute approximate surface area is 154 Å². The zero-order valence-corrected chi connectivity index (χ0v) is 15.3. The molecule has 1 aromatic rings. The molecular formula is C17H20O10. The highest BCUT2D eigenvalue weighted by Gasteiger charge is 2.34. The van der Waals surface area contributed by atoms with Crippen LogP contribution in [0.25, 0.3) is 0 Å². The number of hydrogen-bond acceptors (Lipinski definition) is 10. The number of hydrogen-bond donors (Lipinski definition) is 1. The molecule has 0 aliphatic rings. The van der Waals surface area contributed by atoms with Crippen molar-refractivity contribution >= 4 is 23.9 Å². The maximum atomic E-state index is 12.4. The molecule has 0 fully saturated rings. The van der Waals surface area contributed by atoms with Gasteiger partial charge in [-0.15, -0.1) is 0 Å². The van der Waals surface area contributed by atoms with Crippen molar-refractivity contribution in [2.75, 3.05) is 41.7 Å². The minimum atomic E-state index is -1.06. The SMILES string of the molecule is COC(=O)c1cc(COCCO)c(C(=O)OC)c(C(=O)OC)c1C(=O)OC. The molecule has 0 atom stereocenters. The normalized spacial score (nSPS) is 10.1. The molecule has 0 aliphatic carbocycles. The third-order valence-corrected chi connectivity index (χ3v) is 3.48. The Morgan fingerprint density at radius 2 is 1.26 bits per heavy atom. The molecular weight excluding hydrogens is 364 g/mol. The highest BCUT2D eigenvalue weighted by Crippen LogP contribution is 2.28. The van der Waals surface area contributed by atoms with Gasteiger partial charge in [0.2, 0.25) is 0 Å². The Bertz CT molecular complexity index is 738. The Morgan fingerprint density at radius 3 is 1.74 bits per heavy atom. The van der Waals surface area contributed by atoms with Crippen LogP contribution in [0.3, 0.4) is 0 Å². The summed E-state index contributed by atoms with van der Waals surface area (Å²) in [6.45, 7) is -0.623. The quantitative estimate of drug-likeness (QED) is 0.380. The number of carbonyl (C=O) groups excluding carboxylic acids is 4. The summed E-state index contributed by atoms with van der Waals surface area (Å²) >= 11 is 0. The van der Waals surface area contributed by atoms with E-state index in [1.165, 1.54) is 0 Å². The van der Waals surface area contributed by atoms with E-state index in [1.807, 2.05) is 0 Å². The van der Waals surface area contributed by atoms with E-state index in [0.717, 1.165) is 34.5 Å². The van der Waals surface area contributed by atoms with Gasteiger partial charge in [-0.25, -0.2) is 19.2 Å². The molecule has 10 heteroatoms. The number of carbonyl (C=O) groups is 4. The van der Waals surface area contributed by atoms with Crippen LogP contribution in [-0.2, 0) is 30.3 Å². The number of ether oxygens (including phenoxy) is 5. The van der Waals surface area contributed by atoms with Gasteiger partial charge in [0.05, 0.1) is 70.5 Å². The maximum Gasteiger partial charge on any atom is 0.339 e. The molecule has 0 aromatic heterocycles. The summed E-state index contributed by atoms with van der Waals surface area (Å²) in [5.41, 5.74) is -1.59. The first-order valence-corrected chi connectivity index (χ1v) is 7.59. The van der Waals surface area contributed by atoms with Crippen LogP contribution in [0.1, 0.15) is 47.0 Å². The van der Waals surface area contributed by atoms with Crippen LogP contribution < -0.4 is 0 Å². The smallest absolute Gasteiger partial charge is 0.339 e. The molecule has 1 N–H and O–H groups in total. The lowest BCUT2D eigenvalue weighted by molar-refractivity contribution is 0.0513. The van der Waals surface area contributed by atoms with Gasteiger partial charge in [-0.3, -0.25) is 0 Å². The number of aliphatic hydroxyl groups excluding tert-OH is 1. The van der Waals surface area contributed by atoms with E-state index in [1.54, 1.807) is 0 Å². The Morgan fingerprint density at radius 1 is 0.778 bits per heavy atom. The van der Waals surface area contributed by atoms with Gasteiger partial charge in [-0.2, -0.15) is 0 Å². The molecule has 0 bridgehead atoms. The summed E-state index contributed by atoms with van der Waals surface area (Å²) in [6, 6.07) is 1.16. The predicted octanol–water partition coefficient (Wildman–Crippen LogP) is 0.342. The van der Waals surface area contributed by atoms with Crippen molar-refractivity contribution in [3.8, 4) is 0 Å². The molecule has 0 amide bonds. The largest absolute Gasteiger partial charge is 0.465 e. The summed E-state index contributed by atoms with van der Waals surface area (Å²) in [5.74, 6) is -4.02. The maximum absolute atomic E-state index is 12.4. The van der Waals surface area contributed by atoms with Crippen molar-refractivity contribution < 1.29 is 48.0 Å². The number of esters is 4. The fourth-order valence-electron chi connectivity index (χ4n) is 2.33. The first-order chi connectivity index (χ1) is 12.9. The fourth-order valence-corrected chi connectivity index (χ4v) is 2.33. The molecule has 10 nitrogen and oxygen atoms in total. The average molecular weight is 384 g/mol. The van der Waals surface area contributed by atoms with Crippen LogP contribution in [0.15, 0.2) is 6.07 Å². The molecule has 27 heavy (non-hydrogen) atoms. The summed E-state index contributed by atoms with van der Waals surface area (Å²) in [7, 11) is 4.24. The van der Waals surface area contributed by atoms with Gasteiger partial charge < -0.3 is 28.8 Å². The molecule has 1 aromatic carbocycles. The minimum Gasteiger partial charge on any atom is -0.465 e. The van der Waals surface area contributed by atoms with E-state index in [-0.39, 0.29) is 36.5 Å². The van der Waals surface area contributed by atoms with Crippen molar-refractivity contribution in [2.45, 2.75) is 6.61 Å². The van der Waals surface area contributed by atoms with E-state index in [4.69, 9.17) is 14.6 Å². The van der Waals surface area contributed by atoms with Gasteiger partial charge in [0.25, 0.3) is 0 Å². The zero-order valence-electron chi connectivity index (χ0n) is 15.3. The predicted molar refractivity (Wildman–Crippen MR) is 88.5 cm³/mol. The zero-order chi connectivity index (χ0) is 20.6. The van der Waals surface area contributed by atoms with Crippen LogP contribution in [-0.4, -0.2) is 70.6 Å². The number of rotatable bonds is 8. The van der Waals surface area contributed by atoms with E-state index >= 15 is 0 Å². The van der Waals surface area contributed by atoms with Gasteiger partial charge in [0.15, 0.2) is 0 Å². The summed E-state index contributed by atoms with van der Waals surface area (Å²) in [5, 5.41) is 8.85. The van der Waals surface area contributed by atoms with Crippen LogP contribution in [0, 0.1) is 0 Å². The summed E-state index contributed by atoms with van der Waals surface area (Å²) in [6.07, 6.45) is 0. The molecule has 0 saturated carbocycles. The van der Waals surface area contributed by atoms with E-state index in [2.05, 4.69) is 14.2 Å². The third kappa shape index (κ3) is 4.80. The monoisotopic (exact) mass is 384 g/mol. The molecule has 0 spiro atoms. The van der Waals surface area contributed by atoms with Crippen LogP contribution in [0.4, 0.5) is 0 Å². The van der Waals surface area contributed by atoms with Gasteiger partial charge in [0.1, 0.15) is 0 Å². The van der Waals surface area contributed by atoms with Crippen LogP contribution in [0.2, 0.25) is 0 Å². The Balaban J connectivity index is 3.93. The standard InChI is InChI=1S/C17H20O10/c1-23-14(19)10-7-9(8-27-6-5-18)11(15(20)24-2)13(17(22)26-4)12(10)16(21)25-3/h7,18H,5-6,8H2,1-4H3. The van der Waals surface area contributed by atoms with Crippen LogP contribution >= 0.6 is 0 Å². The second kappa shape index (κ2) is 10.2. The molecule has 1 rings (SSSR count). The van der Waals surface area contributed by atoms with E-state index in [9.17, 15) is 19.2 Å². The fraction of sp³-hybridized carbons (Fsp3) is 0.412. The first-order valence-electron chi connectivity index (χ1n) is 7.59. The number of methoxy groups -OCH3 is 4. The third-order valence-electron chi connectivity index (χ3n) is 3.48. The van der Waals surface area contributed by atoms with E-state index in [0.29, 0.717) is 0 Å². The molecule has 0 unspecified atom stereocenters. The van der Waals surface area contributed by atoms with Crippen LogP contribution in [0.5, 0.6) is 0 Å². The lowest BCUT2D eigenvalue weighted by atomic mass is 9.91. The second-order valence-corrected chi connectivity index (χ2v) is 4.95. The Hall–Kier alpha value is -2.98. The van der Waals surface area contributed by atoms with Crippen molar-refractivity contribution in [1.82, 2.24) is 0 Å². The lowest BCUT2D eigenvalue weighted by Gasteiger charge is -2.18. The number of aliphatic hydroxyl groups is 1. The van der Waals surface area contributed by atoms with Crippen molar-refractivity contribution in [3.05, 3.63) is 33.9 Å². The Kier molecular flexibility index (Phi) is 8.36. The lowest BCUT2D eigenvalue weighted by Crippen LogP contribution is -2.24. The average Bonchev–Trinajstić information content (AvgIpc) is 2.70. The molecule has 0 aliphatic heterocycles. The van der Waals surface area contributed by atoms with Gasteiger partial charge >= 0.3 is 23.9 Å². The highest BCUT2D eigenvalue weighted by atomic mass is 16.5. The highest BCUT2D eigenvalue weighted by molar-refractivity contribution is 6.15. The molecule has 0 saturated heterocycles. The number of benzene rings is 1. The molecule has 148 valence electrons. The van der Waals surface area contributed by atoms with Gasteiger partial charge in [-0.1, -0.05) is 0 Å². The van der Waals surface area contributed by atoms with Crippen molar-refractivity contribution in [1.29, 1.82) is 0 Å². The molecule has 0 radical (unpaired) electrons. The first kappa shape index (κ1) is 22.1. The summed E-state index contributed by atoms with van der Waals surface area (Å²) in [4.78, 5) is 49.1. The minimum absolute atomic E-state index is 0.0590. The van der Waals surface area contributed by atoms with Gasteiger partial charge in [0, 0.05) is 0 Å². The van der Waals surface area contributed by atoms with Gasteiger partial charge in [-0.05, 0) is 11.6 Å². The van der Waals surface area contributed by atoms with Crippen molar-refractivity contribution in [3.63, 3.8) is 0 Å².